The molecule has 25 heavy (non-hydrogen) atoms. The van der Waals surface area contributed by atoms with E-state index in [1.54, 1.807) is 18.2 Å². The molecule has 5 nitrogen and oxygen atoms in total. The van der Waals surface area contributed by atoms with Crippen molar-refractivity contribution >= 4 is 34.5 Å². The molecule has 0 aliphatic rings. The molecule has 0 atom stereocenters. The van der Waals surface area contributed by atoms with Gasteiger partial charge in [0.1, 0.15) is 0 Å². The Morgan fingerprint density at radius 2 is 1.92 bits per heavy atom. The maximum absolute atomic E-state index is 12.2. The molecule has 6 heteroatoms. The molecular formula is C19H15ClN2O3. The van der Waals surface area contributed by atoms with E-state index in [0.717, 1.165) is 10.8 Å². The summed E-state index contributed by atoms with van der Waals surface area (Å²) in [4.78, 5) is 12.2. The molecule has 3 aromatic carbocycles. The van der Waals surface area contributed by atoms with E-state index in [9.17, 15) is 9.90 Å². The van der Waals surface area contributed by atoms with E-state index >= 15 is 0 Å². The minimum atomic E-state index is -0.321. The molecule has 0 spiro atoms. The molecule has 0 bridgehead atoms. The van der Waals surface area contributed by atoms with Crippen LogP contribution in [0.4, 0.5) is 0 Å². The SMILES string of the molecule is COc1cc(/C=N\NC(=O)c2ccc3ccccc3c2)cc(Cl)c1O. The Morgan fingerprint density at radius 3 is 2.68 bits per heavy atom. The van der Waals surface area contributed by atoms with Crippen LogP contribution in [0.3, 0.4) is 0 Å². The second-order valence-electron chi connectivity index (χ2n) is 5.31. The fourth-order valence-corrected chi connectivity index (χ4v) is 2.60. The van der Waals surface area contributed by atoms with E-state index < -0.39 is 0 Å². The lowest BCUT2D eigenvalue weighted by atomic mass is 10.1. The summed E-state index contributed by atoms with van der Waals surface area (Å²) in [6, 6.07) is 16.3. The molecule has 1 amide bonds. The van der Waals surface area contributed by atoms with E-state index in [4.69, 9.17) is 16.3 Å². The molecule has 2 N–H and O–H groups in total. The van der Waals surface area contributed by atoms with E-state index in [-0.39, 0.29) is 22.4 Å². The average molecular weight is 355 g/mol. The van der Waals surface area contributed by atoms with Gasteiger partial charge in [0, 0.05) is 5.56 Å². The molecule has 3 aromatic rings. The first kappa shape index (κ1) is 16.8. The molecule has 0 unspecified atom stereocenters. The monoisotopic (exact) mass is 354 g/mol. The van der Waals surface area contributed by atoms with Crippen LogP contribution in [0.5, 0.6) is 11.5 Å². The van der Waals surface area contributed by atoms with E-state index in [1.165, 1.54) is 19.4 Å². The molecule has 0 radical (unpaired) electrons. The van der Waals surface area contributed by atoms with Crippen LogP contribution in [0.25, 0.3) is 10.8 Å². The smallest absolute Gasteiger partial charge is 0.271 e. The first-order chi connectivity index (χ1) is 12.1. The number of phenolic OH excluding ortho intramolecular Hbond substituents is 1. The third kappa shape index (κ3) is 3.72. The minimum absolute atomic E-state index is 0.137. The number of carbonyl (C=O) groups is 1. The summed E-state index contributed by atoms with van der Waals surface area (Å²) in [6.07, 6.45) is 1.42. The van der Waals surface area contributed by atoms with Crippen molar-refractivity contribution in [1.82, 2.24) is 5.43 Å². The van der Waals surface area contributed by atoms with Crippen molar-refractivity contribution in [2.24, 2.45) is 5.10 Å². The highest BCUT2D eigenvalue weighted by Crippen LogP contribution is 2.34. The van der Waals surface area contributed by atoms with Gasteiger partial charge in [0.05, 0.1) is 18.3 Å². The van der Waals surface area contributed by atoms with Gasteiger partial charge in [0.25, 0.3) is 5.91 Å². The number of amides is 1. The number of hydrogen-bond acceptors (Lipinski definition) is 4. The van der Waals surface area contributed by atoms with Gasteiger partial charge < -0.3 is 9.84 Å². The number of hydrazone groups is 1. The minimum Gasteiger partial charge on any atom is -0.503 e. The Bertz CT molecular complexity index is 970. The highest BCUT2D eigenvalue weighted by atomic mass is 35.5. The Hall–Kier alpha value is -3.05. The lowest BCUT2D eigenvalue weighted by Crippen LogP contribution is -2.17. The molecule has 0 aliphatic carbocycles. The highest BCUT2D eigenvalue weighted by Gasteiger charge is 2.08. The second-order valence-corrected chi connectivity index (χ2v) is 5.72. The third-order valence-electron chi connectivity index (χ3n) is 3.66. The number of halogens is 1. The van der Waals surface area contributed by atoms with Crippen molar-refractivity contribution in [3.05, 3.63) is 70.7 Å². The van der Waals surface area contributed by atoms with Crippen molar-refractivity contribution in [2.45, 2.75) is 0 Å². The summed E-state index contributed by atoms with van der Waals surface area (Å²) in [5, 5.41) is 15.8. The Morgan fingerprint density at radius 1 is 1.16 bits per heavy atom. The summed E-state index contributed by atoms with van der Waals surface area (Å²) in [5.74, 6) is -0.227. The van der Waals surface area contributed by atoms with E-state index in [2.05, 4.69) is 10.5 Å². The molecule has 0 aliphatic heterocycles. The number of phenols is 1. The van der Waals surface area contributed by atoms with E-state index in [0.29, 0.717) is 11.1 Å². The lowest BCUT2D eigenvalue weighted by Gasteiger charge is -2.06. The van der Waals surface area contributed by atoms with Gasteiger partial charge in [-0.3, -0.25) is 4.79 Å². The maximum Gasteiger partial charge on any atom is 0.271 e. The number of aromatic hydroxyl groups is 1. The van der Waals surface area contributed by atoms with Gasteiger partial charge in [0.2, 0.25) is 0 Å². The van der Waals surface area contributed by atoms with Crippen LogP contribution in [0.2, 0.25) is 5.02 Å². The summed E-state index contributed by atoms with van der Waals surface area (Å²) in [7, 11) is 1.42. The average Bonchev–Trinajstić information content (AvgIpc) is 2.63. The number of nitrogens with zero attached hydrogens (tertiary/aromatic N) is 1. The predicted molar refractivity (Wildman–Crippen MR) is 98.7 cm³/mol. The largest absolute Gasteiger partial charge is 0.503 e. The quantitative estimate of drug-likeness (QED) is 0.550. The summed E-state index contributed by atoms with van der Waals surface area (Å²) >= 11 is 5.91. The fraction of sp³-hybridized carbons (Fsp3) is 0.0526. The summed E-state index contributed by atoms with van der Waals surface area (Å²) in [5.41, 5.74) is 3.56. The van der Waals surface area contributed by atoms with E-state index in [1.807, 2.05) is 30.3 Å². The molecular weight excluding hydrogens is 340 g/mol. The van der Waals surface area contributed by atoms with Crippen LogP contribution in [-0.2, 0) is 0 Å². The van der Waals surface area contributed by atoms with Crippen LogP contribution in [0, 0.1) is 0 Å². The first-order valence-electron chi connectivity index (χ1n) is 7.47. The molecule has 0 saturated heterocycles. The Kier molecular flexibility index (Phi) is 4.86. The van der Waals surface area contributed by atoms with Gasteiger partial charge in [-0.25, -0.2) is 5.43 Å². The fourth-order valence-electron chi connectivity index (χ4n) is 2.38. The van der Waals surface area contributed by atoms with Crippen LogP contribution in [0.15, 0.2) is 59.7 Å². The number of benzene rings is 3. The molecule has 126 valence electrons. The zero-order chi connectivity index (χ0) is 17.8. The number of rotatable bonds is 4. The zero-order valence-corrected chi connectivity index (χ0v) is 14.1. The topological polar surface area (TPSA) is 70.9 Å². The molecule has 0 aromatic heterocycles. The van der Waals surface area contributed by atoms with Crippen molar-refractivity contribution < 1.29 is 14.6 Å². The van der Waals surface area contributed by atoms with Gasteiger partial charge in [-0.15, -0.1) is 0 Å². The van der Waals surface area contributed by atoms with Crippen LogP contribution in [-0.4, -0.2) is 24.3 Å². The highest BCUT2D eigenvalue weighted by molar-refractivity contribution is 6.32. The van der Waals surface area contributed by atoms with Crippen LogP contribution in [0.1, 0.15) is 15.9 Å². The van der Waals surface area contributed by atoms with Gasteiger partial charge in [0.15, 0.2) is 11.5 Å². The molecule has 3 rings (SSSR count). The van der Waals surface area contributed by atoms with Gasteiger partial charge in [-0.2, -0.15) is 5.10 Å². The van der Waals surface area contributed by atoms with Gasteiger partial charge in [-0.05, 0) is 40.6 Å². The Labute approximate surface area is 149 Å². The zero-order valence-electron chi connectivity index (χ0n) is 13.4. The standard InChI is InChI=1S/C19H15ClN2O3/c1-25-17-9-12(8-16(20)18(17)23)11-21-22-19(24)15-7-6-13-4-2-3-5-14(13)10-15/h2-11,23H,1H3,(H,22,24)/b21-11-. The number of methoxy groups -OCH3 is 1. The molecule has 0 saturated carbocycles. The number of hydrogen-bond donors (Lipinski definition) is 2. The summed E-state index contributed by atoms with van der Waals surface area (Å²) < 4.78 is 5.02. The van der Waals surface area contributed by atoms with Gasteiger partial charge in [-0.1, -0.05) is 41.9 Å². The van der Waals surface area contributed by atoms with Crippen molar-refractivity contribution in [1.29, 1.82) is 0 Å². The Balaban J connectivity index is 1.75. The predicted octanol–water partition coefficient (Wildman–Crippen LogP) is 3.97. The van der Waals surface area contributed by atoms with Crippen molar-refractivity contribution in [2.75, 3.05) is 7.11 Å². The van der Waals surface area contributed by atoms with Crippen LogP contribution >= 0.6 is 11.6 Å². The molecule has 0 fully saturated rings. The first-order valence-corrected chi connectivity index (χ1v) is 7.85. The summed E-state index contributed by atoms with van der Waals surface area (Å²) in [6.45, 7) is 0. The molecule has 0 heterocycles. The van der Waals surface area contributed by atoms with Crippen molar-refractivity contribution in [3.63, 3.8) is 0 Å². The van der Waals surface area contributed by atoms with Crippen LogP contribution < -0.4 is 10.2 Å². The number of ether oxygens (including phenoxy) is 1. The maximum atomic E-state index is 12.2. The lowest BCUT2D eigenvalue weighted by molar-refractivity contribution is 0.0955. The number of fused-ring (bicyclic) bond motifs is 1. The second kappa shape index (κ2) is 7.23. The number of nitrogens with one attached hydrogen (secondary N) is 1. The third-order valence-corrected chi connectivity index (χ3v) is 3.95. The normalized spacial score (nSPS) is 11.0. The number of carbonyl (C=O) groups excluding carboxylic acids is 1. The van der Waals surface area contributed by atoms with Gasteiger partial charge >= 0.3 is 0 Å². The van der Waals surface area contributed by atoms with Crippen molar-refractivity contribution in [3.8, 4) is 11.5 Å².